The van der Waals surface area contributed by atoms with Crippen molar-refractivity contribution in [2.75, 3.05) is 25.0 Å². The Bertz CT molecular complexity index is 1280. The Kier molecular flexibility index (Phi) is 7.50. The van der Waals surface area contributed by atoms with Crippen LogP contribution < -0.4 is 15.7 Å². The first-order chi connectivity index (χ1) is 16.9. The molecule has 3 aromatic rings. The third-order valence-corrected chi connectivity index (χ3v) is 6.07. The topological polar surface area (TPSA) is 114 Å². The third kappa shape index (κ3) is 5.22. The molecular formula is C25H31N7O3. The van der Waals surface area contributed by atoms with Crippen LogP contribution in [0.15, 0.2) is 46.8 Å². The molecule has 0 saturated carbocycles. The number of hydrogen-bond donors (Lipinski definition) is 1. The number of ether oxygens (including phenoxy) is 1. The van der Waals surface area contributed by atoms with Gasteiger partial charge in [0.2, 0.25) is 5.62 Å². The van der Waals surface area contributed by atoms with Crippen molar-refractivity contribution in [2.45, 2.75) is 52.7 Å². The number of anilines is 1. The van der Waals surface area contributed by atoms with Gasteiger partial charge in [0, 0.05) is 49.5 Å². The van der Waals surface area contributed by atoms with E-state index in [1.807, 2.05) is 10.6 Å². The lowest BCUT2D eigenvalue weighted by atomic mass is 10.2. The van der Waals surface area contributed by atoms with E-state index in [0.29, 0.717) is 48.6 Å². The molecule has 1 aromatic carbocycles. The minimum Gasteiger partial charge on any atom is -0.491 e. The lowest BCUT2D eigenvalue weighted by Crippen LogP contribution is -2.38. The molecule has 0 atom stereocenters. The van der Waals surface area contributed by atoms with Gasteiger partial charge < -0.3 is 10.1 Å². The maximum absolute atomic E-state index is 12.7. The number of fused-ring (bicyclic) bond motifs is 3. The Balaban J connectivity index is 1.66. The molecule has 0 unspecified atom stereocenters. The molecule has 2 aromatic heterocycles. The van der Waals surface area contributed by atoms with Crippen molar-refractivity contribution >= 4 is 28.3 Å². The number of hydrogen-bond acceptors (Lipinski definition) is 8. The number of nitrogens with one attached hydrogen (secondary N) is 1. The molecule has 35 heavy (non-hydrogen) atoms. The number of aromatic nitrogens is 3. The molecule has 0 aliphatic carbocycles. The summed E-state index contributed by atoms with van der Waals surface area (Å²) in [4.78, 5) is 39.8. The number of rotatable bonds is 9. The van der Waals surface area contributed by atoms with Gasteiger partial charge >= 0.3 is 0 Å². The van der Waals surface area contributed by atoms with Crippen LogP contribution in [0.4, 0.5) is 11.5 Å². The van der Waals surface area contributed by atoms with Crippen LogP contribution >= 0.6 is 0 Å². The van der Waals surface area contributed by atoms with Crippen molar-refractivity contribution < 1.29 is 9.53 Å². The Labute approximate surface area is 204 Å². The van der Waals surface area contributed by atoms with Crippen LogP contribution in [0.2, 0.25) is 0 Å². The molecule has 0 spiro atoms. The summed E-state index contributed by atoms with van der Waals surface area (Å²) >= 11 is 0. The molecular weight excluding hydrogens is 446 g/mol. The van der Waals surface area contributed by atoms with E-state index in [9.17, 15) is 9.70 Å². The van der Waals surface area contributed by atoms with Gasteiger partial charge in [-0.2, -0.15) is 4.99 Å². The van der Waals surface area contributed by atoms with Gasteiger partial charge in [-0.3, -0.25) is 19.2 Å². The molecule has 1 amide bonds. The average Bonchev–Trinajstić information content (AvgIpc) is 3.34. The van der Waals surface area contributed by atoms with Gasteiger partial charge in [-0.1, -0.05) is 0 Å². The van der Waals surface area contributed by atoms with E-state index in [2.05, 4.69) is 58.0 Å². The SMILES string of the molecule is CC(C)N(CCCOc1ccc2c3n(c(=NC(=O)c4cccnc4)nc2c1N=O)CCN3)C(C)C. The van der Waals surface area contributed by atoms with E-state index < -0.39 is 5.91 Å². The van der Waals surface area contributed by atoms with Gasteiger partial charge in [-0.25, -0.2) is 4.98 Å². The number of carbonyl (C=O) groups is 1. The quantitative estimate of drug-likeness (QED) is 0.367. The predicted molar refractivity (Wildman–Crippen MR) is 135 cm³/mol. The lowest BCUT2D eigenvalue weighted by molar-refractivity contribution is 0.0996. The molecule has 10 nitrogen and oxygen atoms in total. The molecule has 184 valence electrons. The number of benzene rings is 1. The minimum absolute atomic E-state index is 0.106. The highest BCUT2D eigenvalue weighted by Crippen LogP contribution is 2.37. The Morgan fingerprint density at radius 1 is 1.23 bits per heavy atom. The van der Waals surface area contributed by atoms with Crippen LogP contribution in [0.5, 0.6) is 5.75 Å². The average molecular weight is 478 g/mol. The first kappa shape index (κ1) is 24.5. The summed E-state index contributed by atoms with van der Waals surface area (Å²) in [6.07, 6.45) is 3.86. The lowest BCUT2D eigenvalue weighted by Gasteiger charge is -2.30. The maximum atomic E-state index is 12.7. The second-order valence-corrected chi connectivity index (χ2v) is 9.02. The zero-order valence-corrected chi connectivity index (χ0v) is 20.6. The molecule has 1 aliphatic heterocycles. The van der Waals surface area contributed by atoms with E-state index in [1.54, 1.807) is 24.4 Å². The second kappa shape index (κ2) is 10.7. The summed E-state index contributed by atoms with van der Waals surface area (Å²) in [7, 11) is 0. The fourth-order valence-corrected chi connectivity index (χ4v) is 4.44. The van der Waals surface area contributed by atoms with Crippen LogP contribution in [0.3, 0.4) is 0 Å². The van der Waals surface area contributed by atoms with Crippen molar-refractivity contribution in [1.82, 2.24) is 19.4 Å². The largest absolute Gasteiger partial charge is 0.491 e. The molecule has 3 heterocycles. The van der Waals surface area contributed by atoms with E-state index in [4.69, 9.17) is 4.74 Å². The maximum Gasteiger partial charge on any atom is 0.281 e. The van der Waals surface area contributed by atoms with Crippen molar-refractivity contribution in [1.29, 1.82) is 0 Å². The van der Waals surface area contributed by atoms with Crippen LogP contribution in [-0.2, 0) is 6.54 Å². The van der Waals surface area contributed by atoms with Gasteiger partial charge in [0.15, 0.2) is 11.4 Å². The molecule has 4 rings (SSSR count). The molecule has 0 saturated heterocycles. The van der Waals surface area contributed by atoms with E-state index >= 15 is 0 Å². The van der Waals surface area contributed by atoms with E-state index in [-0.39, 0.29) is 11.3 Å². The minimum atomic E-state index is -0.459. The first-order valence-corrected chi connectivity index (χ1v) is 11.9. The zero-order valence-electron chi connectivity index (χ0n) is 20.6. The smallest absolute Gasteiger partial charge is 0.281 e. The third-order valence-electron chi connectivity index (χ3n) is 6.07. The number of pyridine rings is 1. The van der Waals surface area contributed by atoms with Crippen LogP contribution in [0.1, 0.15) is 44.5 Å². The highest BCUT2D eigenvalue weighted by atomic mass is 16.5. The Morgan fingerprint density at radius 3 is 2.71 bits per heavy atom. The number of carbonyl (C=O) groups excluding carboxylic acids is 1. The highest BCUT2D eigenvalue weighted by molar-refractivity contribution is 5.99. The molecule has 0 bridgehead atoms. The summed E-state index contributed by atoms with van der Waals surface area (Å²) in [6.45, 7) is 11.3. The van der Waals surface area contributed by atoms with Crippen molar-refractivity contribution in [3.05, 3.63) is 52.7 Å². The molecule has 10 heteroatoms. The van der Waals surface area contributed by atoms with E-state index in [1.165, 1.54) is 6.20 Å². The van der Waals surface area contributed by atoms with Gasteiger partial charge in [0.05, 0.1) is 12.2 Å². The van der Waals surface area contributed by atoms with Crippen molar-refractivity contribution in [3.8, 4) is 5.75 Å². The van der Waals surface area contributed by atoms with E-state index in [0.717, 1.165) is 24.2 Å². The number of nitroso groups, excluding NO2 is 1. The summed E-state index contributed by atoms with van der Waals surface area (Å²) < 4.78 is 7.79. The summed E-state index contributed by atoms with van der Waals surface area (Å²) in [5.41, 5.74) is 1.02. The second-order valence-electron chi connectivity index (χ2n) is 9.02. The fraction of sp³-hybridized carbons (Fsp3) is 0.440. The van der Waals surface area contributed by atoms with Gasteiger partial charge in [0.25, 0.3) is 5.91 Å². The first-order valence-electron chi connectivity index (χ1n) is 11.9. The monoisotopic (exact) mass is 477 g/mol. The van der Waals surface area contributed by atoms with Crippen LogP contribution in [0, 0.1) is 4.91 Å². The number of amides is 1. The zero-order chi connectivity index (χ0) is 24.9. The number of nitrogens with zero attached hydrogens (tertiary/aromatic N) is 6. The molecule has 1 N–H and O–H groups in total. The fourth-order valence-electron chi connectivity index (χ4n) is 4.44. The molecule has 1 aliphatic rings. The summed E-state index contributed by atoms with van der Waals surface area (Å²) in [5.74, 6) is 0.654. The predicted octanol–water partition coefficient (Wildman–Crippen LogP) is 3.88. The van der Waals surface area contributed by atoms with Crippen LogP contribution in [-0.4, -0.2) is 57.1 Å². The normalized spacial score (nSPS) is 13.5. The standard InChI is InChI=1S/C25H31N7O3/c1-16(2)31(17(3)4)12-6-14-35-20-9-8-19-21(22(20)30-34)28-25(32-13-11-27-23(19)32)29-24(33)18-7-5-10-26-15-18/h5,7-10,15-17,27H,6,11-14H2,1-4H3. The highest BCUT2D eigenvalue weighted by Gasteiger charge is 2.21. The summed E-state index contributed by atoms with van der Waals surface area (Å²) in [6, 6.07) is 7.81. The van der Waals surface area contributed by atoms with Gasteiger partial charge in [-0.15, -0.1) is 4.91 Å². The van der Waals surface area contributed by atoms with Crippen LogP contribution in [0.25, 0.3) is 10.9 Å². The van der Waals surface area contributed by atoms with Gasteiger partial charge in [0.1, 0.15) is 11.3 Å². The van der Waals surface area contributed by atoms with Gasteiger partial charge in [-0.05, 0) is 63.6 Å². The Hall–Kier alpha value is -3.66. The van der Waals surface area contributed by atoms with Crippen molar-refractivity contribution in [2.24, 2.45) is 10.2 Å². The van der Waals surface area contributed by atoms with Crippen molar-refractivity contribution in [3.63, 3.8) is 0 Å². The summed E-state index contributed by atoms with van der Waals surface area (Å²) in [5, 5.41) is 7.28. The molecule has 0 fully saturated rings. The Morgan fingerprint density at radius 2 is 2.03 bits per heavy atom. The molecule has 0 radical (unpaired) electrons.